The highest BCUT2D eigenvalue weighted by molar-refractivity contribution is 7.89. The second-order valence-corrected chi connectivity index (χ2v) is 6.89. The first-order chi connectivity index (χ1) is 8.76. The number of nitrogens with two attached hydrogens (primary N) is 1. The van der Waals surface area contributed by atoms with Crippen LogP contribution < -0.4 is 15.2 Å². The first-order valence-electron chi connectivity index (χ1n) is 6.25. The van der Waals surface area contributed by atoms with E-state index in [1.165, 1.54) is 0 Å². The summed E-state index contributed by atoms with van der Waals surface area (Å²) in [7, 11) is -3.35. The number of anilines is 1. The molecule has 0 bridgehead atoms. The van der Waals surface area contributed by atoms with Crippen molar-refractivity contribution in [2.45, 2.75) is 32.7 Å². The Kier molecular flexibility index (Phi) is 5.20. The molecule has 0 aliphatic rings. The molecule has 5 nitrogen and oxygen atoms in total. The van der Waals surface area contributed by atoms with Gasteiger partial charge in [-0.25, -0.2) is 13.1 Å². The minimum absolute atomic E-state index is 0.0728. The van der Waals surface area contributed by atoms with Crippen LogP contribution >= 0.6 is 0 Å². The SMILES string of the molecule is CCC(C)(C)NS(=O)(=O)CCOc1ccccc1N. The Hall–Kier alpha value is -1.27. The number of hydrogen-bond donors (Lipinski definition) is 2. The van der Waals surface area contributed by atoms with Gasteiger partial charge in [0, 0.05) is 5.54 Å². The first-order valence-corrected chi connectivity index (χ1v) is 7.90. The van der Waals surface area contributed by atoms with Crippen molar-refractivity contribution >= 4 is 15.7 Å². The zero-order chi connectivity index (χ0) is 14.5. The molecule has 0 spiro atoms. The zero-order valence-electron chi connectivity index (χ0n) is 11.6. The van der Waals surface area contributed by atoms with Crippen LogP contribution in [0.5, 0.6) is 5.75 Å². The summed E-state index contributed by atoms with van der Waals surface area (Å²) in [4.78, 5) is 0. The molecule has 0 unspecified atom stereocenters. The summed E-state index contributed by atoms with van der Waals surface area (Å²) < 4.78 is 31.7. The van der Waals surface area contributed by atoms with Gasteiger partial charge in [0.15, 0.2) is 0 Å². The molecule has 0 saturated heterocycles. The van der Waals surface area contributed by atoms with E-state index in [1.54, 1.807) is 24.3 Å². The van der Waals surface area contributed by atoms with Crippen LogP contribution in [0, 0.1) is 0 Å². The van der Waals surface area contributed by atoms with E-state index in [0.717, 1.165) is 6.42 Å². The van der Waals surface area contributed by atoms with Crippen LogP contribution in [0.25, 0.3) is 0 Å². The lowest BCUT2D eigenvalue weighted by Gasteiger charge is -2.24. The topological polar surface area (TPSA) is 81.4 Å². The maximum absolute atomic E-state index is 11.9. The molecule has 0 aromatic heterocycles. The van der Waals surface area contributed by atoms with E-state index in [0.29, 0.717) is 11.4 Å². The third-order valence-corrected chi connectivity index (χ3v) is 4.41. The van der Waals surface area contributed by atoms with E-state index in [-0.39, 0.29) is 12.4 Å². The normalized spacial score (nSPS) is 12.4. The number of hydrogen-bond acceptors (Lipinski definition) is 4. The second-order valence-electron chi connectivity index (χ2n) is 5.04. The van der Waals surface area contributed by atoms with Gasteiger partial charge in [-0.15, -0.1) is 0 Å². The molecular weight excluding hydrogens is 264 g/mol. The molecule has 19 heavy (non-hydrogen) atoms. The van der Waals surface area contributed by atoms with Crippen LogP contribution in [0.15, 0.2) is 24.3 Å². The number of para-hydroxylation sites is 2. The van der Waals surface area contributed by atoms with E-state index in [4.69, 9.17) is 10.5 Å². The van der Waals surface area contributed by atoms with Gasteiger partial charge in [0.1, 0.15) is 12.4 Å². The van der Waals surface area contributed by atoms with E-state index in [1.807, 2.05) is 20.8 Å². The summed E-state index contributed by atoms with van der Waals surface area (Å²) in [6, 6.07) is 7.01. The van der Waals surface area contributed by atoms with Gasteiger partial charge in [0.25, 0.3) is 0 Å². The highest BCUT2D eigenvalue weighted by Crippen LogP contribution is 2.19. The Morgan fingerprint density at radius 1 is 1.32 bits per heavy atom. The smallest absolute Gasteiger partial charge is 0.215 e. The molecule has 1 rings (SSSR count). The Morgan fingerprint density at radius 2 is 1.95 bits per heavy atom. The van der Waals surface area contributed by atoms with Crippen molar-refractivity contribution < 1.29 is 13.2 Å². The molecular formula is C13H22N2O3S. The minimum Gasteiger partial charge on any atom is -0.490 e. The van der Waals surface area contributed by atoms with Gasteiger partial charge in [-0.3, -0.25) is 0 Å². The summed E-state index contributed by atoms with van der Waals surface area (Å²) >= 11 is 0. The van der Waals surface area contributed by atoms with Crippen molar-refractivity contribution in [3.63, 3.8) is 0 Å². The highest BCUT2D eigenvalue weighted by atomic mass is 32.2. The standard InChI is InChI=1S/C13H22N2O3S/c1-4-13(2,3)15-19(16,17)10-9-18-12-8-6-5-7-11(12)14/h5-8,15H,4,9-10,14H2,1-3H3. The number of ether oxygens (including phenoxy) is 1. The highest BCUT2D eigenvalue weighted by Gasteiger charge is 2.22. The Labute approximate surface area is 115 Å². The molecule has 0 radical (unpaired) electrons. The van der Waals surface area contributed by atoms with E-state index >= 15 is 0 Å². The fraction of sp³-hybridized carbons (Fsp3) is 0.538. The van der Waals surface area contributed by atoms with Crippen LogP contribution in [0.3, 0.4) is 0 Å². The molecule has 0 atom stereocenters. The molecule has 1 aromatic rings. The summed E-state index contributed by atoms with van der Waals surface area (Å²) in [6.45, 7) is 5.70. The van der Waals surface area contributed by atoms with Crippen molar-refractivity contribution in [1.82, 2.24) is 4.72 Å². The van der Waals surface area contributed by atoms with Gasteiger partial charge < -0.3 is 10.5 Å². The third-order valence-electron chi connectivity index (χ3n) is 2.84. The summed E-state index contributed by atoms with van der Waals surface area (Å²) in [6.07, 6.45) is 0.721. The number of nitrogens with one attached hydrogen (secondary N) is 1. The quantitative estimate of drug-likeness (QED) is 0.748. The van der Waals surface area contributed by atoms with E-state index in [2.05, 4.69) is 4.72 Å². The monoisotopic (exact) mass is 286 g/mol. The third kappa shape index (κ3) is 5.48. The van der Waals surface area contributed by atoms with Crippen molar-refractivity contribution in [3.05, 3.63) is 24.3 Å². The predicted molar refractivity (Wildman–Crippen MR) is 77.6 cm³/mol. The Bertz CT molecular complexity index is 512. The van der Waals surface area contributed by atoms with Gasteiger partial charge >= 0.3 is 0 Å². The molecule has 0 aliphatic heterocycles. The van der Waals surface area contributed by atoms with Gasteiger partial charge in [-0.1, -0.05) is 19.1 Å². The lowest BCUT2D eigenvalue weighted by Crippen LogP contribution is -2.44. The van der Waals surface area contributed by atoms with Crippen LogP contribution in [0.2, 0.25) is 0 Å². The van der Waals surface area contributed by atoms with Crippen molar-refractivity contribution in [2.24, 2.45) is 0 Å². The molecule has 0 fully saturated rings. The number of sulfonamides is 1. The minimum atomic E-state index is -3.35. The molecule has 108 valence electrons. The molecule has 0 aliphatic carbocycles. The van der Waals surface area contributed by atoms with Crippen molar-refractivity contribution in [2.75, 3.05) is 18.1 Å². The summed E-state index contributed by atoms with van der Waals surface area (Å²) in [5.41, 5.74) is 5.77. The fourth-order valence-electron chi connectivity index (χ4n) is 1.42. The number of nitrogen functional groups attached to an aromatic ring is 1. The van der Waals surface area contributed by atoms with Crippen LogP contribution in [-0.4, -0.2) is 26.3 Å². The maximum Gasteiger partial charge on any atom is 0.215 e. The second kappa shape index (κ2) is 6.25. The summed E-state index contributed by atoms with van der Waals surface area (Å²) in [5, 5.41) is 0. The average molecular weight is 286 g/mol. The van der Waals surface area contributed by atoms with Gasteiger partial charge in [0.05, 0.1) is 11.4 Å². The lowest BCUT2D eigenvalue weighted by molar-refractivity contribution is 0.340. The van der Waals surface area contributed by atoms with Gasteiger partial charge in [0.2, 0.25) is 10.0 Å². The molecule has 6 heteroatoms. The Balaban J connectivity index is 2.51. The summed E-state index contributed by atoms with van der Waals surface area (Å²) in [5.74, 6) is 0.414. The zero-order valence-corrected chi connectivity index (χ0v) is 12.5. The fourth-order valence-corrected chi connectivity index (χ4v) is 2.81. The number of benzene rings is 1. The predicted octanol–water partition coefficient (Wildman–Crippen LogP) is 1.76. The van der Waals surface area contributed by atoms with Crippen LogP contribution in [-0.2, 0) is 10.0 Å². The first kappa shape index (κ1) is 15.8. The lowest BCUT2D eigenvalue weighted by atomic mass is 10.0. The van der Waals surface area contributed by atoms with Gasteiger partial charge in [-0.05, 0) is 32.4 Å². The van der Waals surface area contributed by atoms with Crippen molar-refractivity contribution in [1.29, 1.82) is 0 Å². The molecule has 3 N–H and O–H groups in total. The van der Waals surface area contributed by atoms with Crippen molar-refractivity contribution in [3.8, 4) is 5.75 Å². The average Bonchev–Trinajstić information content (AvgIpc) is 2.30. The molecule has 1 aromatic carbocycles. The molecule has 0 amide bonds. The van der Waals surface area contributed by atoms with Gasteiger partial charge in [-0.2, -0.15) is 0 Å². The Morgan fingerprint density at radius 3 is 2.53 bits per heavy atom. The number of rotatable bonds is 7. The molecule has 0 saturated carbocycles. The largest absolute Gasteiger partial charge is 0.490 e. The van der Waals surface area contributed by atoms with E-state index < -0.39 is 15.6 Å². The van der Waals surface area contributed by atoms with Crippen LogP contribution in [0.4, 0.5) is 5.69 Å². The maximum atomic E-state index is 11.9. The molecule has 0 heterocycles. The van der Waals surface area contributed by atoms with Crippen LogP contribution in [0.1, 0.15) is 27.2 Å². The van der Waals surface area contributed by atoms with E-state index in [9.17, 15) is 8.42 Å².